The van der Waals surface area contributed by atoms with Gasteiger partial charge in [-0.05, 0) is 38.5 Å². The third-order valence-corrected chi connectivity index (χ3v) is 2.63. The SMILES string of the molecule is CC(C)(C)OC(=O)N[C@H](Cc1ccc(C(=O)O)cc1)C(=O)O. The first-order chi connectivity index (χ1) is 10.1. The van der Waals surface area contributed by atoms with Crippen LogP contribution in [-0.4, -0.2) is 39.9 Å². The minimum Gasteiger partial charge on any atom is -0.480 e. The number of rotatable bonds is 5. The Morgan fingerprint density at radius 2 is 1.68 bits per heavy atom. The van der Waals surface area contributed by atoms with Gasteiger partial charge in [-0.25, -0.2) is 14.4 Å². The molecule has 7 nitrogen and oxygen atoms in total. The summed E-state index contributed by atoms with van der Waals surface area (Å²) in [4.78, 5) is 33.6. The molecule has 3 N–H and O–H groups in total. The van der Waals surface area contributed by atoms with E-state index in [1.54, 1.807) is 20.8 Å². The molecule has 1 aromatic rings. The van der Waals surface area contributed by atoms with Gasteiger partial charge in [0.2, 0.25) is 0 Å². The van der Waals surface area contributed by atoms with Crippen molar-refractivity contribution in [2.75, 3.05) is 0 Å². The maximum absolute atomic E-state index is 11.6. The molecule has 0 aliphatic heterocycles. The first kappa shape index (κ1) is 17.5. The van der Waals surface area contributed by atoms with E-state index in [2.05, 4.69) is 5.32 Å². The van der Waals surface area contributed by atoms with Crippen molar-refractivity contribution in [2.45, 2.75) is 38.8 Å². The normalized spacial score (nSPS) is 12.3. The number of aliphatic carboxylic acids is 1. The summed E-state index contributed by atoms with van der Waals surface area (Å²) < 4.78 is 5.02. The molecular formula is C15H19NO6. The van der Waals surface area contributed by atoms with Crippen LogP contribution in [0.4, 0.5) is 4.79 Å². The van der Waals surface area contributed by atoms with Gasteiger partial charge in [-0.1, -0.05) is 12.1 Å². The van der Waals surface area contributed by atoms with Crippen LogP contribution in [0.2, 0.25) is 0 Å². The summed E-state index contributed by atoms with van der Waals surface area (Å²) >= 11 is 0. The van der Waals surface area contributed by atoms with Crippen LogP contribution in [0.15, 0.2) is 24.3 Å². The number of benzene rings is 1. The quantitative estimate of drug-likeness (QED) is 0.765. The Balaban J connectivity index is 2.74. The molecule has 1 rings (SSSR count). The summed E-state index contributed by atoms with van der Waals surface area (Å²) in [5.41, 5.74) is -0.0276. The molecule has 0 saturated carbocycles. The Bertz CT molecular complexity index is 558. The van der Waals surface area contributed by atoms with Crippen LogP contribution in [0, 0.1) is 0 Å². The Hall–Kier alpha value is -2.57. The Labute approximate surface area is 127 Å². The van der Waals surface area contributed by atoms with Crippen molar-refractivity contribution in [3.63, 3.8) is 0 Å². The highest BCUT2D eigenvalue weighted by Gasteiger charge is 2.24. The molecule has 0 aromatic heterocycles. The smallest absolute Gasteiger partial charge is 0.408 e. The second-order valence-corrected chi connectivity index (χ2v) is 5.74. The number of carboxylic acid groups (broad SMARTS) is 2. The van der Waals surface area contributed by atoms with Crippen LogP contribution in [0.3, 0.4) is 0 Å². The predicted octanol–water partition coefficient (Wildman–Crippen LogP) is 1.91. The summed E-state index contributed by atoms with van der Waals surface area (Å²) in [7, 11) is 0. The van der Waals surface area contributed by atoms with Crippen LogP contribution in [0.5, 0.6) is 0 Å². The molecule has 1 amide bonds. The number of alkyl carbamates (subject to hydrolysis) is 1. The zero-order valence-corrected chi connectivity index (χ0v) is 12.6. The zero-order chi connectivity index (χ0) is 16.9. The van der Waals surface area contributed by atoms with Gasteiger partial charge in [0, 0.05) is 6.42 Å². The van der Waals surface area contributed by atoms with E-state index in [9.17, 15) is 14.4 Å². The molecular weight excluding hydrogens is 290 g/mol. The molecule has 0 heterocycles. The minimum atomic E-state index is -1.20. The van der Waals surface area contributed by atoms with Crippen molar-refractivity contribution in [1.82, 2.24) is 5.32 Å². The number of hydrogen-bond acceptors (Lipinski definition) is 4. The first-order valence-corrected chi connectivity index (χ1v) is 6.63. The summed E-state index contributed by atoms with van der Waals surface area (Å²) in [6.07, 6.45) is -0.795. The van der Waals surface area contributed by atoms with Crippen molar-refractivity contribution < 1.29 is 29.3 Å². The van der Waals surface area contributed by atoms with E-state index in [-0.39, 0.29) is 12.0 Å². The third kappa shape index (κ3) is 5.82. The number of carboxylic acids is 2. The molecule has 7 heteroatoms. The molecule has 0 aliphatic rings. The van der Waals surface area contributed by atoms with E-state index in [4.69, 9.17) is 14.9 Å². The Morgan fingerprint density at radius 1 is 1.14 bits per heavy atom. The average molecular weight is 309 g/mol. The van der Waals surface area contributed by atoms with E-state index in [1.165, 1.54) is 24.3 Å². The molecule has 0 fully saturated rings. The summed E-state index contributed by atoms with van der Waals surface area (Å²) in [6, 6.07) is 4.62. The molecule has 120 valence electrons. The number of aromatic carboxylic acids is 1. The van der Waals surface area contributed by atoms with Gasteiger partial charge in [0.1, 0.15) is 11.6 Å². The molecule has 0 unspecified atom stereocenters. The fourth-order valence-electron chi connectivity index (χ4n) is 1.67. The molecule has 1 aromatic carbocycles. The second kappa shape index (κ2) is 6.93. The van der Waals surface area contributed by atoms with Crippen LogP contribution in [0.1, 0.15) is 36.7 Å². The Kier molecular flexibility index (Phi) is 5.50. The van der Waals surface area contributed by atoms with E-state index >= 15 is 0 Å². The summed E-state index contributed by atoms with van der Waals surface area (Å²) in [6.45, 7) is 5.02. The van der Waals surface area contributed by atoms with Gasteiger partial charge < -0.3 is 20.3 Å². The molecule has 0 saturated heterocycles. The highest BCUT2D eigenvalue weighted by molar-refractivity contribution is 5.87. The van der Waals surface area contributed by atoms with Crippen molar-refractivity contribution >= 4 is 18.0 Å². The molecule has 0 aliphatic carbocycles. The fourth-order valence-corrected chi connectivity index (χ4v) is 1.67. The molecule has 1 atom stereocenters. The van der Waals surface area contributed by atoms with Gasteiger partial charge in [-0.15, -0.1) is 0 Å². The fraction of sp³-hybridized carbons (Fsp3) is 0.400. The second-order valence-electron chi connectivity index (χ2n) is 5.74. The number of amides is 1. The number of hydrogen-bond donors (Lipinski definition) is 3. The standard InChI is InChI=1S/C15H19NO6/c1-15(2,3)22-14(21)16-11(13(19)20)8-9-4-6-10(7-5-9)12(17)18/h4-7,11H,8H2,1-3H3,(H,16,21)(H,17,18)(H,19,20)/t11-/m1/s1. The summed E-state index contributed by atoms with van der Waals surface area (Å²) in [5, 5.41) is 20.2. The van der Waals surface area contributed by atoms with Crippen molar-refractivity contribution in [3.05, 3.63) is 35.4 Å². The molecule has 22 heavy (non-hydrogen) atoms. The van der Waals surface area contributed by atoms with Crippen LogP contribution < -0.4 is 5.32 Å². The molecule has 0 radical (unpaired) electrons. The largest absolute Gasteiger partial charge is 0.480 e. The van der Waals surface area contributed by atoms with E-state index in [1.807, 2.05) is 0 Å². The van der Waals surface area contributed by atoms with Crippen molar-refractivity contribution in [2.24, 2.45) is 0 Å². The van der Waals surface area contributed by atoms with Crippen LogP contribution in [-0.2, 0) is 16.0 Å². The lowest BCUT2D eigenvalue weighted by Gasteiger charge is -2.22. The monoisotopic (exact) mass is 309 g/mol. The van der Waals surface area contributed by atoms with E-state index in [0.29, 0.717) is 5.56 Å². The number of carbonyl (C=O) groups is 3. The topological polar surface area (TPSA) is 113 Å². The maximum atomic E-state index is 11.6. The van der Waals surface area contributed by atoms with Gasteiger partial charge in [0.05, 0.1) is 5.56 Å². The highest BCUT2D eigenvalue weighted by atomic mass is 16.6. The van der Waals surface area contributed by atoms with Gasteiger partial charge in [0.15, 0.2) is 0 Å². The van der Waals surface area contributed by atoms with E-state index < -0.39 is 29.7 Å². The minimum absolute atomic E-state index is 0.0223. The third-order valence-electron chi connectivity index (χ3n) is 2.63. The maximum Gasteiger partial charge on any atom is 0.408 e. The predicted molar refractivity (Wildman–Crippen MR) is 77.9 cm³/mol. The van der Waals surface area contributed by atoms with Crippen LogP contribution in [0.25, 0.3) is 0 Å². The molecule has 0 bridgehead atoms. The zero-order valence-electron chi connectivity index (χ0n) is 12.6. The van der Waals surface area contributed by atoms with Gasteiger partial charge in [0.25, 0.3) is 0 Å². The molecule has 0 spiro atoms. The Morgan fingerprint density at radius 3 is 2.09 bits per heavy atom. The van der Waals surface area contributed by atoms with Crippen LogP contribution >= 0.6 is 0 Å². The van der Waals surface area contributed by atoms with Gasteiger partial charge in [-0.2, -0.15) is 0 Å². The van der Waals surface area contributed by atoms with Gasteiger partial charge in [-0.3, -0.25) is 0 Å². The first-order valence-electron chi connectivity index (χ1n) is 6.63. The highest BCUT2D eigenvalue weighted by Crippen LogP contribution is 2.10. The van der Waals surface area contributed by atoms with Gasteiger partial charge >= 0.3 is 18.0 Å². The number of ether oxygens (including phenoxy) is 1. The van der Waals surface area contributed by atoms with Crippen molar-refractivity contribution in [1.29, 1.82) is 0 Å². The number of carbonyl (C=O) groups excluding carboxylic acids is 1. The van der Waals surface area contributed by atoms with E-state index in [0.717, 1.165) is 0 Å². The lowest BCUT2D eigenvalue weighted by atomic mass is 10.0. The lowest BCUT2D eigenvalue weighted by Crippen LogP contribution is -2.44. The van der Waals surface area contributed by atoms with Crippen molar-refractivity contribution in [3.8, 4) is 0 Å². The average Bonchev–Trinajstić information content (AvgIpc) is 2.36. The summed E-state index contributed by atoms with van der Waals surface area (Å²) in [5.74, 6) is -2.26. The lowest BCUT2D eigenvalue weighted by molar-refractivity contribution is -0.139. The number of nitrogens with one attached hydrogen (secondary N) is 1.